The molecule has 2 N–H and O–H groups in total. The maximum absolute atomic E-state index is 5.54. The zero-order valence-electron chi connectivity index (χ0n) is 8.24. The van der Waals surface area contributed by atoms with Gasteiger partial charge in [0.15, 0.2) is 5.16 Å². The molecule has 1 aromatic rings. The molecule has 0 saturated carbocycles. The van der Waals surface area contributed by atoms with Crippen molar-refractivity contribution < 1.29 is 0 Å². The van der Waals surface area contributed by atoms with Gasteiger partial charge in [-0.15, -0.1) is 0 Å². The van der Waals surface area contributed by atoms with E-state index in [1.807, 2.05) is 12.3 Å². The van der Waals surface area contributed by atoms with Crippen molar-refractivity contribution in [3.63, 3.8) is 0 Å². The fourth-order valence-electron chi connectivity index (χ4n) is 0.985. The summed E-state index contributed by atoms with van der Waals surface area (Å²) < 4.78 is 0. The first-order valence-corrected chi connectivity index (χ1v) is 5.51. The summed E-state index contributed by atoms with van der Waals surface area (Å²) in [7, 11) is 0. The van der Waals surface area contributed by atoms with Crippen molar-refractivity contribution in [3.8, 4) is 0 Å². The number of rotatable bonds is 3. The second kappa shape index (κ2) is 4.58. The van der Waals surface area contributed by atoms with E-state index < -0.39 is 0 Å². The largest absolute Gasteiger partial charge is 0.325 e. The summed E-state index contributed by atoms with van der Waals surface area (Å²) in [4.78, 5) is 8.68. The van der Waals surface area contributed by atoms with Gasteiger partial charge in [0.25, 0.3) is 0 Å². The quantitative estimate of drug-likeness (QED) is 0.593. The Kier molecular flexibility index (Phi) is 3.69. The molecule has 3 nitrogen and oxygen atoms in total. The Labute approximate surface area is 83.2 Å². The minimum absolute atomic E-state index is 0.430. The van der Waals surface area contributed by atoms with E-state index in [0.29, 0.717) is 12.5 Å². The van der Waals surface area contributed by atoms with Crippen molar-refractivity contribution in [2.45, 2.75) is 31.5 Å². The van der Waals surface area contributed by atoms with E-state index >= 15 is 0 Å². The smallest absolute Gasteiger partial charge is 0.187 e. The maximum Gasteiger partial charge on any atom is 0.187 e. The van der Waals surface area contributed by atoms with Crippen LogP contribution in [0.25, 0.3) is 0 Å². The van der Waals surface area contributed by atoms with Gasteiger partial charge in [0.1, 0.15) is 0 Å². The molecule has 1 rings (SSSR count). The molecule has 0 aliphatic carbocycles. The van der Waals surface area contributed by atoms with Crippen molar-refractivity contribution in [1.29, 1.82) is 0 Å². The first-order valence-electron chi connectivity index (χ1n) is 4.29. The van der Waals surface area contributed by atoms with E-state index in [4.69, 9.17) is 5.73 Å². The average molecular weight is 197 g/mol. The molecule has 0 fully saturated rings. The molecular weight excluding hydrogens is 182 g/mol. The van der Waals surface area contributed by atoms with Crippen LogP contribution in [-0.2, 0) is 6.54 Å². The van der Waals surface area contributed by atoms with Crippen LogP contribution in [0.1, 0.15) is 31.2 Å². The molecule has 0 aliphatic heterocycles. The van der Waals surface area contributed by atoms with Gasteiger partial charge in [0.05, 0.1) is 5.69 Å². The van der Waals surface area contributed by atoms with Crippen molar-refractivity contribution in [2.75, 3.05) is 6.26 Å². The predicted molar refractivity (Wildman–Crippen MR) is 55.8 cm³/mol. The Morgan fingerprint density at radius 1 is 1.46 bits per heavy atom. The lowest BCUT2D eigenvalue weighted by Gasteiger charge is -2.07. The van der Waals surface area contributed by atoms with Gasteiger partial charge >= 0.3 is 0 Å². The topological polar surface area (TPSA) is 51.8 Å². The van der Waals surface area contributed by atoms with Crippen LogP contribution in [0.15, 0.2) is 11.2 Å². The Bertz CT molecular complexity index is 264. The van der Waals surface area contributed by atoms with Gasteiger partial charge in [-0.2, -0.15) is 0 Å². The highest BCUT2D eigenvalue weighted by molar-refractivity contribution is 7.98. The van der Waals surface area contributed by atoms with E-state index in [1.54, 1.807) is 11.8 Å². The Morgan fingerprint density at radius 2 is 2.15 bits per heavy atom. The molecule has 0 radical (unpaired) electrons. The number of nitrogens with two attached hydrogens (primary N) is 1. The highest BCUT2D eigenvalue weighted by Crippen LogP contribution is 2.16. The summed E-state index contributed by atoms with van der Waals surface area (Å²) in [5, 5.41) is 0.812. The summed E-state index contributed by atoms with van der Waals surface area (Å²) >= 11 is 1.55. The number of hydrogen-bond donors (Lipinski definition) is 1. The SMILES string of the molecule is CSc1nc(CN)cc(C(C)C)n1. The van der Waals surface area contributed by atoms with Crippen LogP contribution in [0, 0.1) is 0 Å². The minimum atomic E-state index is 0.430. The normalized spacial score (nSPS) is 10.8. The molecule has 1 heterocycles. The number of nitrogens with zero attached hydrogens (tertiary/aromatic N) is 2. The Hall–Kier alpha value is -0.610. The summed E-state index contributed by atoms with van der Waals surface area (Å²) in [5.41, 5.74) is 7.53. The molecular formula is C9H15N3S. The highest BCUT2D eigenvalue weighted by Gasteiger charge is 2.05. The van der Waals surface area contributed by atoms with Crippen LogP contribution in [0.2, 0.25) is 0 Å². The van der Waals surface area contributed by atoms with E-state index in [9.17, 15) is 0 Å². The molecule has 0 aliphatic rings. The fourth-order valence-corrected chi connectivity index (χ4v) is 1.39. The molecule has 0 unspecified atom stereocenters. The van der Waals surface area contributed by atoms with Gasteiger partial charge in [-0.25, -0.2) is 9.97 Å². The van der Waals surface area contributed by atoms with Crippen LogP contribution in [0.5, 0.6) is 0 Å². The predicted octanol–water partition coefficient (Wildman–Crippen LogP) is 1.78. The second-order valence-electron chi connectivity index (χ2n) is 3.13. The van der Waals surface area contributed by atoms with Crippen molar-refractivity contribution >= 4 is 11.8 Å². The molecule has 0 atom stereocenters. The average Bonchev–Trinajstić information content (AvgIpc) is 2.16. The van der Waals surface area contributed by atoms with Crippen molar-refractivity contribution in [1.82, 2.24) is 9.97 Å². The van der Waals surface area contributed by atoms with E-state index in [-0.39, 0.29) is 0 Å². The molecule has 0 bridgehead atoms. The Balaban J connectivity index is 3.07. The molecule has 0 spiro atoms. The molecule has 0 saturated heterocycles. The van der Waals surface area contributed by atoms with E-state index in [1.165, 1.54) is 0 Å². The van der Waals surface area contributed by atoms with Gasteiger partial charge in [0.2, 0.25) is 0 Å². The van der Waals surface area contributed by atoms with Crippen LogP contribution < -0.4 is 5.73 Å². The first-order chi connectivity index (χ1) is 6.17. The third-order valence-electron chi connectivity index (χ3n) is 1.76. The van der Waals surface area contributed by atoms with Crippen LogP contribution in [0.3, 0.4) is 0 Å². The number of hydrogen-bond acceptors (Lipinski definition) is 4. The fraction of sp³-hybridized carbons (Fsp3) is 0.556. The van der Waals surface area contributed by atoms with Crippen LogP contribution in [-0.4, -0.2) is 16.2 Å². The second-order valence-corrected chi connectivity index (χ2v) is 3.90. The third kappa shape index (κ3) is 2.67. The summed E-state index contributed by atoms with van der Waals surface area (Å²) in [6.45, 7) is 4.72. The van der Waals surface area contributed by atoms with E-state index in [0.717, 1.165) is 16.5 Å². The van der Waals surface area contributed by atoms with Gasteiger partial charge in [-0.05, 0) is 18.2 Å². The molecule has 4 heteroatoms. The summed E-state index contributed by atoms with van der Waals surface area (Å²) in [5.74, 6) is 0.430. The lowest BCUT2D eigenvalue weighted by atomic mass is 10.1. The molecule has 13 heavy (non-hydrogen) atoms. The lowest BCUT2D eigenvalue weighted by Crippen LogP contribution is -2.05. The monoisotopic (exact) mass is 197 g/mol. The molecule has 72 valence electrons. The zero-order valence-corrected chi connectivity index (χ0v) is 9.06. The minimum Gasteiger partial charge on any atom is -0.325 e. The van der Waals surface area contributed by atoms with Gasteiger partial charge in [0, 0.05) is 12.2 Å². The Morgan fingerprint density at radius 3 is 2.62 bits per heavy atom. The third-order valence-corrected chi connectivity index (χ3v) is 2.31. The van der Waals surface area contributed by atoms with E-state index in [2.05, 4.69) is 23.8 Å². The molecule has 0 amide bonds. The van der Waals surface area contributed by atoms with Gasteiger partial charge in [-0.3, -0.25) is 0 Å². The number of thioether (sulfide) groups is 1. The van der Waals surface area contributed by atoms with Crippen molar-refractivity contribution in [3.05, 3.63) is 17.5 Å². The zero-order chi connectivity index (χ0) is 9.84. The van der Waals surface area contributed by atoms with Crippen LogP contribution in [0.4, 0.5) is 0 Å². The first kappa shape index (κ1) is 10.5. The number of aromatic nitrogens is 2. The maximum atomic E-state index is 5.54. The lowest BCUT2D eigenvalue weighted by molar-refractivity contribution is 0.758. The van der Waals surface area contributed by atoms with Gasteiger partial charge < -0.3 is 5.73 Å². The highest BCUT2D eigenvalue weighted by atomic mass is 32.2. The summed E-state index contributed by atoms with van der Waals surface area (Å²) in [6, 6.07) is 1.98. The summed E-state index contributed by atoms with van der Waals surface area (Å²) in [6.07, 6.45) is 1.97. The van der Waals surface area contributed by atoms with Crippen molar-refractivity contribution in [2.24, 2.45) is 5.73 Å². The molecule has 1 aromatic heterocycles. The molecule has 0 aromatic carbocycles. The standard InChI is InChI=1S/C9H15N3S/c1-6(2)8-4-7(5-10)11-9(12-8)13-3/h4,6H,5,10H2,1-3H3. The van der Waals surface area contributed by atoms with Gasteiger partial charge in [-0.1, -0.05) is 25.6 Å². The van der Waals surface area contributed by atoms with Crippen LogP contribution >= 0.6 is 11.8 Å².